The lowest BCUT2D eigenvalue weighted by Gasteiger charge is -2.16. The van der Waals surface area contributed by atoms with Crippen molar-refractivity contribution in [2.24, 2.45) is 0 Å². The lowest BCUT2D eigenvalue weighted by atomic mass is 10.1. The average molecular weight is 423 g/mol. The number of aromatic nitrogens is 6. The lowest BCUT2D eigenvalue weighted by Crippen LogP contribution is -3.09. The number of tetrazole rings is 1. The number of fused-ring (bicyclic) bond motifs is 1. The molecule has 0 radical (unpaired) electrons. The summed E-state index contributed by atoms with van der Waals surface area (Å²) >= 11 is 5.66. The van der Waals surface area contributed by atoms with E-state index in [1.807, 2.05) is 50.2 Å². The summed E-state index contributed by atoms with van der Waals surface area (Å²) in [6.07, 6.45) is 0. The van der Waals surface area contributed by atoms with Gasteiger partial charge in [-0.3, -0.25) is 4.79 Å². The fourth-order valence-corrected chi connectivity index (χ4v) is 3.84. The van der Waals surface area contributed by atoms with Gasteiger partial charge in [-0.05, 0) is 66.7 Å². The maximum absolute atomic E-state index is 12.4. The minimum atomic E-state index is -0.122. The molecule has 0 fully saturated rings. The smallest absolute Gasteiger partial charge is 0.258 e. The summed E-state index contributed by atoms with van der Waals surface area (Å²) in [6, 6.07) is 13.4. The topological polar surface area (TPSA) is 85.8 Å². The Morgan fingerprint density at radius 3 is 2.53 bits per heavy atom. The number of aryl methyl sites for hydroxylation is 2. The first kappa shape index (κ1) is 20.1. The van der Waals surface area contributed by atoms with Gasteiger partial charge in [0.05, 0.1) is 23.1 Å². The van der Waals surface area contributed by atoms with Crippen LogP contribution in [-0.4, -0.2) is 36.3 Å². The van der Waals surface area contributed by atoms with Gasteiger partial charge < -0.3 is 9.88 Å². The van der Waals surface area contributed by atoms with Gasteiger partial charge in [-0.25, -0.2) is 4.98 Å². The molecule has 2 aromatic heterocycles. The molecule has 154 valence electrons. The second-order valence-corrected chi connectivity index (χ2v) is 7.75. The second-order valence-electron chi connectivity index (χ2n) is 7.38. The van der Waals surface area contributed by atoms with Crippen LogP contribution in [0.1, 0.15) is 23.9 Å². The van der Waals surface area contributed by atoms with Gasteiger partial charge in [-0.15, -0.1) is 0 Å². The van der Waals surface area contributed by atoms with Crippen molar-refractivity contribution in [3.63, 3.8) is 0 Å². The van der Waals surface area contributed by atoms with Crippen molar-refractivity contribution in [1.82, 2.24) is 29.8 Å². The lowest BCUT2D eigenvalue weighted by molar-refractivity contribution is -0.936. The SMILES string of the molecule is CC[NH+](Cc1nc2ccccc2c(=O)[nH]1)Cn1nnn(-c2c(C)cccc2C)c1=S. The number of hydrogen-bond acceptors (Lipinski definition) is 5. The molecular weight excluding hydrogens is 398 g/mol. The van der Waals surface area contributed by atoms with E-state index < -0.39 is 0 Å². The number of rotatable bonds is 6. The molecule has 1 unspecified atom stereocenters. The number of para-hydroxylation sites is 2. The zero-order chi connectivity index (χ0) is 21.3. The minimum Gasteiger partial charge on any atom is -0.310 e. The van der Waals surface area contributed by atoms with Crippen LogP contribution in [0.25, 0.3) is 16.6 Å². The average Bonchev–Trinajstić information content (AvgIpc) is 3.07. The number of hydrogen-bond donors (Lipinski definition) is 2. The number of benzene rings is 2. The van der Waals surface area contributed by atoms with Gasteiger partial charge in [-0.1, -0.05) is 30.3 Å². The molecule has 0 saturated heterocycles. The van der Waals surface area contributed by atoms with E-state index in [4.69, 9.17) is 12.2 Å². The number of nitrogens with zero attached hydrogens (tertiary/aromatic N) is 5. The van der Waals surface area contributed by atoms with Gasteiger partial charge in [0.25, 0.3) is 5.56 Å². The van der Waals surface area contributed by atoms with E-state index in [2.05, 4.69) is 27.3 Å². The Morgan fingerprint density at radius 1 is 1.07 bits per heavy atom. The molecular formula is C21H24N7OS+. The van der Waals surface area contributed by atoms with E-state index in [1.54, 1.807) is 15.4 Å². The molecule has 0 saturated carbocycles. The Morgan fingerprint density at radius 2 is 1.80 bits per heavy atom. The second kappa shape index (κ2) is 8.29. The minimum absolute atomic E-state index is 0.122. The van der Waals surface area contributed by atoms with E-state index in [0.717, 1.165) is 28.3 Å². The Balaban J connectivity index is 1.60. The van der Waals surface area contributed by atoms with Crippen molar-refractivity contribution in [3.05, 3.63) is 74.5 Å². The van der Waals surface area contributed by atoms with Crippen LogP contribution in [0.2, 0.25) is 0 Å². The molecule has 4 aromatic rings. The number of aromatic amines is 1. The summed E-state index contributed by atoms with van der Waals surface area (Å²) in [7, 11) is 0. The van der Waals surface area contributed by atoms with Crippen molar-refractivity contribution >= 4 is 23.1 Å². The molecule has 8 nitrogen and oxygen atoms in total. The van der Waals surface area contributed by atoms with Crippen molar-refractivity contribution < 1.29 is 4.90 Å². The van der Waals surface area contributed by atoms with E-state index >= 15 is 0 Å². The maximum Gasteiger partial charge on any atom is 0.258 e. The highest BCUT2D eigenvalue weighted by Gasteiger charge is 2.16. The standard InChI is InChI=1S/C21H23N7OS/c1-4-26(12-18-22-17-11-6-5-10-16(17)20(29)23-18)13-27-21(30)28(25-24-27)19-14(2)8-7-9-15(19)3/h5-11H,4,12-13H2,1-3H3,(H,22,23,29)/p+1. The highest BCUT2D eigenvalue weighted by Crippen LogP contribution is 2.17. The molecule has 0 aliphatic rings. The zero-order valence-electron chi connectivity index (χ0n) is 17.2. The third-order valence-corrected chi connectivity index (χ3v) is 5.63. The van der Waals surface area contributed by atoms with Crippen LogP contribution in [0.3, 0.4) is 0 Å². The van der Waals surface area contributed by atoms with Gasteiger partial charge in [0.2, 0.25) is 4.77 Å². The molecule has 2 aromatic carbocycles. The molecule has 0 aliphatic heterocycles. The predicted molar refractivity (Wildman–Crippen MR) is 117 cm³/mol. The normalized spacial score (nSPS) is 12.4. The first-order valence-corrected chi connectivity index (χ1v) is 10.3. The molecule has 2 N–H and O–H groups in total. The van der Waals surface area contributed by atoms with Gasteiger partial charge >= 0.3 is 0 Å². The van der Waals surface area contributed by atoms with Crippen LogP contribution in [0.5, 0.6) is 0 Å². The van der Waals surface area contributed by atoms with E-state index in [0.29, 0.717) is 34.7 Å². The van der Waals surface area contributed by atoms with Crippen molar-refractivity contribution in [1.29, 1.82) is 0 Å². The number of nitrogens with one attached hydrogen (secondary N) is 2. The first-order valence-electron chi connectivity index (χ1n) is 9.89. The Labute approximate surface area is 178 Å². The maximum atomic E-state index is 12.4. The van der Waals surface area contributed by atoms with E-state index in [9.17, 15) is 4.79 Å². The van der Waals surface area contributed by atoms with Crippen LogP contribution < -0.4 is 10.5 Å². The largest absolute Gasteiger partial charge is 0.310 e. The third kappa shape index (κ3) is 3.81. The number of quaternary nitrogens is 1. The molecule has 0 aliphatic carbocycles. The molecule has 0 bridgehead atoms. The van der Waals surface area contributed by atoms with Crippen molar-refractivity contribution in [3.8, 4) is 5.69 Å². The molecule has 30 heavy (non-hydrogen) atoms. The quantitative estimate of drug-likeness (QED) is 0.462. The fourth-order valence-electron chi connectivity index (χ4n) is 3.61. The van der Waals surface area contributed by atoms with Crippen molar-refractivity contribution in [2.45, 2.75) is 34.0 Å². The molecule has 9 heteroatoms. The molecule has 0 amide bonds. The van der Waals surface area contributed by atoms with Gasteiger partial charge in [0.15, 0.2) is 12.5 Å². The third-order valence-electron chi connectivity index (χ3n) is 5.24. The molecule has 0 spiro atoms. The van der Waals surface area contributed by atoms with Crippen LogP contribution in [-0.2, 0) is 13.2 Å². The Hall–Kier alpha value is -3.17. The van der Waals surface area contributed by atoms with Crippen LogP contribution in [0.15, 0.2) is 47.3 Å². The summed E-state index contributed by atoms with van der Waals surface area (Å²) in [5.74, 6) is 0.643. The van der Waals surface area contributed by atoms with Gasteiger partial charge in [0.1, 0.15) is 6.54 Å². The summed E-state index contributed by atoms with van der Waals surface area (Å²) in [6.45, 7) is 8.04. The Kier molecular flexibility index (Phi) is 5.56. The monoisotopic (exact) mass is 422 g/mol. The van der Waals surface area contributed by atoms with Gasteiger partial charge in [-0.2, -0.15) is 9.36 Å². The summed E-state index contributed by atoms with van der Waals surface area (Å²) < 4.78 is 3.97. The number of H-pyrrole nitrogens is 1. The van der Waals surface area contributed by atoms with E-state index in [1.165, 1.54) is 0 Å². The Bertz CT molecular complexity index is 1300. The fraction of sp³-hybridized carbons (Fsp3) is 0.286. The van der Waals surface area contributed by atoms with Crippen LogP contribution in [0, 0.1) is 18.6 Å². The van der Waals surface area contributed by atoms with E-state index in [-0.39, 0.29) is 5.56 Å². The van der Waals surface area contributed by atoms with Crippen molar-refractivity contribution in [2.75, 3.05) is 6.54 Å². The highest BCUT2D eigenvalue weighted by atomic mass is 32.1. The van der Waals surface area contributed by atoms with Crippen LogP contribution in [0.4, 0.5) is 0 Å². The molecule has 1 atom stereocenters. The molecule has 4 rings (SSSR count). The first-order chi connectivity index (χ1) is 14.5. The summed E-state index contributed by atoms with van der Waals surface area (Å²) in [5, 5.41) is 9.17. The van der Waals surface area contributed by atoms with Gasteiger partial charge in [0, 0.05) is 0 Å². The zero-order valence-corrected chi connectivity index (χ0v) is 18.0. The predicted octanol–water partition coefficient (Wildman–Crippen LogP) is 1.71. The van der Waals surface area contributed by atoms with Crippen LogP contribution >= 0.6 is 12.2 Å². The summed E-state index contributed by atoms with van der Waals surface area (Å²) in [4.78, 5) is 21.0. The molecule has 2 heterocycles. The summed E-state index contributed by atoms with van der Waals surface area (Å²) in [5.41, 5.74) is 3.73. The highest BCUT2D eigenvalue weighted by molar-refractivity contribution is 7.71.